The summed E-state index contributed by atoms with van der Waals surface area (Å²) < 4.78 is 5.54. The molecule has 1 aliphatic rings. The third-order valence-corrected chi connectivity index (χ3v) is 4.85. The predicted octanol–water partition coefficient (Wildman–Crippen LogP) is 3.16. The van der Waals surface area contributed by atoms with E-state index < -0.39 is 0 Å². The summed E-state index contributed by atoms with van der Waals surface area (Å²) in [4.78, 5) is 4.67. The van der Waals surface area contributed by atoms with Crippen molar-refractivity contribution in [3.8, 4) is 0 Å². The predicted molar refractivity (Wildman–Crippen MR) is 81.4 cm³/mol. The second-order valence-electron chi connectivity index (χ2n) is 5.51. The van der Waals surface area contributed by atoms with Gasteiger partial charge in [-0.25, -0.2) is 0 Å². The van der Waals surface area contributed by atoms with Gasteiger partial charge in [0, 0.05) is 25.4 Å². The Morgan fingerprint density at radius 3 is 2.61 bits per heavy atom. The molecule has 4 heteroatoms. The van der Waals surface area contributed by atoms with Crippen molar-refractivity contribution >= 4 is 16.9 Å². The summed E-state index contributed by atoms with van der Waals surface area (Å²) in [7, 11) is 0. The van der Waals surface area contributed by atoms with Crippen molar-refractivity contribution in [2.75, 3.05) is 32.1 Å². The lowest BCUT2D eigenvalue weighted by Crippen LogP contribution is -2.35. The molecule has 0 bridgehead atoms. The zero-order chi connectivity index (χ0) is 13.4. The highest BCUT2D eigenvalue weighted by atomic mass is 32.2. The summed E-state index contributed by atoms with van der Waals surface area (Å²) in [5, 5.41) is 4.47. The fourth-order valence-electron chi connectivity index (χ4n) is 1.89. The normalized spacial score (nSPS) is 18.8. The van der Waals surface area contributed by atoms with Gasteiger partial charge in [0.15, 0.2) is 5.17 Å². The summed E-state index contributed by atoms with van der Waals surface area (Å²) in [6, 6.07) is 0. The van der Waals surface area contributed by atoms with E-state index in [-0.39, 0.29) is 0 Å². The van der Waals surface area contributed by atoms with Crippen LogP contribution >= 0.6 is 11.8 Å². The van der Waals surface area contributed by atoms with Gasteiger partial charge >= 0.3 is 0 Å². The van der Waals surface area contributed by atoms with E-state index >= 15 is 0 Å². The summed E-state index contributed by atoms with van der Waals surface area (Å²) in [5.41, 5.74) is 0.435. The zero-order valence-electron chi connectivity index (χ0n) is 12.3. The first-order valence-corrected chi connectivity index (χ1v) is 8.09. The number of nitrogens with zero attached hydrogens (tertiary/aromatic N) is 1. The van der Waals surface area contributed by atoms with Gasteiger partial charge in [0.25, 0.3) is 0 Å². The van der Waals surface area contributed by atoms with Gasteiger partial charge in [-0.2, -0.15) is 0 Å². The topological polar surface area (TPSA) is 33.6 Å². The van der Waals surface area contributed by atoms with Crippen LogP contribution in [0, 0.1) is 11.3 Å². The van der Waals surface area contributed by atoms with Crippen LogP contribution in [-0.2, 0) is 4.74 Å². The van der Waals surface area contributed by atoms with E-state index in [0.717, 1.165) is 31.5 Å². The highest BCUT2D eigenvalue weighted by molar-refractivity contribution is 8.13. The first-order chi connectivity index (χ1) is 8.62. The minimum atomic E-state index is 0.435. The summed E-state index contributed by atoms with van der Waals surface area (Å²) in [6.45, 7) is 12.3. The molecule has 0 atom stereocenters. The number of aliphatic imine (C=N–C) groups is 1. The molecule has 1 heterocycles. The lowest BCUT2D eigenvalue weighted by atomic mass is 9.84. The van der Waals surface area contributed by atoms with Crippen LogP contribution in [0.3, 0.4) is 0 Å². The van der Waals surface area contributed by atoms with Crippen LogP contribution in [0.5, 0.6) is 0 Å². The molecule has 1 aliphatic heterocycles. The van der Waals surface area contributed by atoms with E-state index in [2.05, 4.69) is 38.0 Å². The molecule has 0 aromatic carbocycles. The Balaban J connectivity index is 2.19. The average Bonchev–Trinajstić information content (AvgIpc) is 2.39. The number of hydrogen-bond donors (Lipinski definition) is 1. The van der Waals surface area contributed by atoms with Crippen LogP contribution in [0.25, 0.3) is 0 Å². The minimum Gasteiger partial charge on any atom is -0.379 e. The molecule has 0 saturated heterocycles. The van der Waals surface area contributed by atoms with Gasteiger partial charge in [0.1, 0.15) is 0 Å². The van der Waals surface area contributed by atoms with E-state index in [1.54, 1.807) is 0 Å². The number of amidine groups is 1. The van der Waals surface area contributed by atoms with Gasteiger partial charge < -0.3 is 10.1 Å². The molecule has 3 nitrogen and oxygen atoms in total. The molecule has 18 heavy (non-hydrogen) atoms. The molecule has 0 unspecified atom stereocenters. The molecule has 0 aliphatic carbocycles. The van der Waals surface area contributed by atoms with E-state index in [0.29, 0.717) is 11.3 Å². The molecule has 0 fully saturated rings. The van der Waals surface area contributed by atoms with Gasteiger partial charge in [-0.05, 0) is 24.2 Å². The largest absolute Gasteiger partial charge is 0.379 e. The van der Waals surface area contributed by atoms with Crippen molar-refractivity contribution in [1.82, 2.24) is 5.32 Å². The van der Waals surface area contributed by atoms with Crippen LogP contribution in [0.2, 0.25) is 0 Å². The van der Waals surface area contributed by atoms with Crippen molar-refractivity contribution in [2.45, 2.75) is 40.5 Å². The summed E-state index contributed by atoms with van der Waals surface area (Å²) in [6.07, 6.45) is 2.45. The number of hydrogen-bond acceptors (Lipinski definition) is 4. The van der Waals surface area contributed by atoms with Crippen LogP contribution in [-0.4, -0.2) is 37.2 Å². The lowest BCUT2D eigenvalue weighted by molar-refractivity contribution is 0.114. The van der Waals surface area contributed by atoms with E-state index in [1.165, 1.54) is 18.6 Å². The second-order valence-corrected chi connectivity index (χ2v) is 6.48. The standard InChI is InChI=1S/C14H28N2OS/c1-5-14(6-2)10-16-13(18-11-14)15-7-8-17-9-12(3)4/h12H,5-11H2,1-4H3,(H,15,16). The Labute approximate surface area is 116 Å². The van der Waals surface area contributed by atoms with E-state index in [4.69, 9.17) is 4.74 Å². The third kappa shape index (κ3) is 5.19. The van der Waals surface area contributed by atoms with Gasteiger partial charge in [-0.1, -0.05) is 39.5 Å². The molecule has 0 amide bonds. The van der Waals surface area contributed by atoms with Crippen molar-refractivity contribution < 1.29 is 4.74 Å². The molecule has 0 spiro atoms. The van der Waals surface area contributed by atoms with Crippen molar-refractivity contribution in [3.05, 3.63) is 0 Å². The molecule has 106 valence electrons. The summed E-state index contributed by atoms with van der Waals surface area (Å²) in [5.74, 6) is 1.81. The molecule has 0 saturated carbocycles. The average molecular weight is 272 g/mol. The Morgan fingerprint density at radius 2 is 2.11 bits per heavy atom. The van der Waals surface area contributed by atoms with Gasteiger partial charge in [-0.15, -0.1) is 0 Å². The summed E-state index contributed by atoms with van der Waals surface area (Å²) >= 11 is 1.87. The number of thioether (sulfide) groups is 1. The molecule has 1 rings (SSSR count). The zero-order valence-corrected chi connectivity index (χ0v) is 13.1. The molecule has 0 radical (unpaired) electrons. The van der Waals surface area contributed by atoms with Crippen LogP contribution in [0.4, 0.5) is 0 Å². The van der Waals surface area contributed by atoms with E-state index in [9.17, 15) is 0 Å². The molecular weight excluding hydrogens is 244 g/mol. The number of rotatable bonds is 7. The molecule has 1 N–H and O–H groups in total. The quantitative estimate of drug-likeness (QED) is 0.723. The highest BCUT2D eigenvalue weighted by Crippen LogP contribution is 2.34. The maximum absolute atomic E-state index is 5.54. The van der Waals surface area contributed by atoms with Gasteiger partial charge in [0.2, 0.25) is 0 Å². The van der Waals surface area contributed by atoms with Crippen molar-refractivity contribution in [2.24, 2.45) is 16.3 Å². The van der Waals surface area contributed by atoms with Crippen LogP contribution < -0.4 is 5.32 Å². The Hall–Kier alpha value is -0.220. The molecule has 0 aromatic rings. The van der Waals surface area contributed by atoms with Gasteiger partial charge in [-0.3, -0.25) is 4.99 Å². The van der Waals surface area contributed by atoms with Crippen LogP contribution in [0.15, 0.2) is 4.99 Å². The number of nitrogens with one attached hydrogen (secondary N) is 1. The molecule has 0 aromatic heterocycles. The fraction of sp³-hybridized carbons (Fsp3) is 0.929. The molecular formula is C14H28N2OS. The lowest BCUT2D eigenvalue weighted by Gasteiger charge is -2.33. The first-order valence-electron chi connectivity index (χ1n) is 7.10. The maximum Gasteiger partial charge on any atom is 0.156 e. The fourth-order valence-corrected chi connectivity index (χ4v) is 3.19. The highest BCUT2D eigenvalue weighted by Gasteiger charge is 2.29. The smallest absolute Gasteiger partial charge is 0.156 e. The monoisotopic (exact) mass is 272 g/mol. The van der Waals surface area contributed by atoms with E-state index in [1.807, 2.05) is 11.8 Å². The van der Waals surface area contributed by atoms with Crippen molar-refractivity contribution in [1.29, 1.82) is 0 Å². The Kier molecular flexibility index (Phi) is 7.08. The maximum atomic E-state index is 5.54. The second kappa shape index (κ2) is 8.05. The van der Waals surface area contributed by atoms with Crippen LogP contribution in [0.1, 0.15) is 40.5 Å². The SMILES string of the molecule is CCC1(CC)CN=C(NCCOCC(C)C)SC1. The minimum absolute atomic E-state index is 0.435. The van der Waals surface area contributed by atoms with Crippen molar-refractivity contribution in [3.63, 3.8) is 0 Å². The Morgan fingerprint density at radius 1 is 1.39 bits per heavy atom. The van der Waals surface area contributed by atoms with Gasteiger partial charge in [0.05, 0.1) is 6.61 Å². The first kappa shape index (κ1) is 15.8. The number of ether oxygens (including phenoxy) is 1. The Bertz CT molecular complexity index is 263. The third-order valence-electron chi connectivity index (χ3n) is 3.55.